The molecule has 0 spiro atoms. The molecule has 4 rings (SSSR count). The van der Waals surface area contributed by atoms with Gasteiger partial charge in [0, 0.05) is 11.3 Å². The van der Waals surface area contributed by atoms with Gasteiger partial charge >= 0.3 is 5.97 Å². The summed E-state index contributed by atoms with van der Waals surface area (Å²) in [5.74, 6) is 2.01. The number of hydrogen-bond acceptors (Lipinski definition) is 2. The van der Waals surface area contributed by atoms with E-state index < -0.39 is 0 Å². The van der Waals surface area contributed by atoms with E-state index in [2.05, 4.69) is 34.3 Å². The van der Waals surface area contributed by atoms with Crippen LogP contribution in [0.5, 0.6) is 0 Å². The maximum Gasteiger partial charge on any atom is 0.315 e. The molecule has 27 heavy (non-hydrogen) atoms. The minimum absolute atomic E-state index is 0.0976. The van der Waals surface area contributed by atoms with Crippen molar-refractivity contribution in [1.29, 1.82) is 0 Å². The van der Waals surface area contributed by atoms with Gasteiger partial charge in [0.25, 0.3) is 0 Å². The van der Waals surface area contributed by atoms with Crippen LogP contribution in [0.1, 0.15) is 72.6 Å². The topological polar surface area (TPSA) is 30.7 Å². The number of nitrogens with one attached hydrogen (secondary N) is 1. The normalized spacial score (nSPS) is 47.0. The van der Waals surface area contributed by atoms with E-state index in [0.29, 0.717) is 22.7 Å². The van der Waals surface area contributed by atoms with Gasteiger partial charge in [-0.15, -0.1) is 0 Å². The zero-order valence-corrected chi connectivity index (χ0v) is 18.0. The van der Waals surface area contributed by atoms with Crippen LogP contribution in [0.2, 0.25) is 0 Å². The summed E-state index contributed by atoms with van der Waals surface area (Å²) in [5.41, 5.74) is 2.12. The Hall–Kier alpha value is -0.830. The van der Waals surface area contributed by atoms with Crippen molar-refractivity contribution in [1.82, 2.24) is 0 Å². The molecule has 0 aromatic carbocycles. The number of rotatable bonds is 2. The molecule has 4 fully saturated rings. The Morgan fingerprint density at radius 3 is 2.81 bits per heavy atom. The molecular formula is C24H40NO2+. The molecule has 0 aromatic heterocycles. The molecule has 0 radical (unpaired) electrons. The van der Waals surface area contributed by atoms with E-state index in [9.17, 15) is 4.79 Å². The molecule has 0 aromatic rings. The van der Waals surface area contributed by atoms with E-state index in [1.807, 2.05) is 0 Å². The van der Waals surface area contributed by atoms with Gasteiger partial charge in [-0.05, 0) is 62.2 Å². The van der Waals surface area contributed by atoms with Crippen molar-refractivity contribution in [3.05, 3.63) is 12.2 Å². The molecule has 3 nitrogen and oxygen atoms in total. The van der Waals surface area contributed by atoms with E-state index in [0.717, 1.165) is 25.3 Å². The van der Waals surface area contributed by atoms with Gasteiger partial charge < -0.3 is 9.64 Å². The van der Waals surface area contributed by atoms with Crippen molar-refractivity contribution in [2.45, 2.75) is 78.7 Å². The molecular weight excluding hydrogens is 334 g/mol. The zero-order chi connectivity index (χ0) is 19.4. The van der Waals surface area contributed by atoms with Gasteiger partial charge in [-0.3, -0.25) is 4.79 Å². The van der Waals surface area contributed by atoms with Crippen molar-refractivity contribution < 1.29 is 14.4 Å². The summed E-state index contributed by atoms with van der Waals surface area (Å²) in [5, 5.41) is 0. The lowest BCUT2D eigenvalue weighted by Crippen LogP contribution is -3.13. The number of fused-ring (bicyclic) bond motifs is 2. The molecule has 2 aliphatic heterocycles. The van der Waals surface area contributed by atoms with Gasteiger partial charge in [0.15, 0.2) is 0 Å². The highest BCUT2D eigenvalue weighted by Crippen LogP contribution is 2.56. The summed E-state index contributed by atoms with van der Waals surface area (Å²) in [7, 11) is 0. The minimum atomic E-state index is 0.0976. The second-order valence-electron chi connectivity index (χ2n) is 11.5. The Kier molecular flexibility index (Phi) is 4.98. The highest BCUT2D eigenvalue weighted by Gasteiger charge is 2.56. The van der Waals surface area contributed by atoms with Crippen LogP contribution in [-0.2, 0) is 9.53 Å². The first-order chi connectivity index (χ1) is 12.7. The number of ether oxygens (including phenoxy) is 1. The maximum absolute atomic E-state index is 12.9. The lowest BCUT2D eigenvalue weighted by Gasteiger charge is -2.50. The summed E-state index contributed by atoms with van der Waals surface area (Å²) in [6.45, 7) is 17.4. The summed E-state index contributed by atoms with van der Waals surface area (Å²) in [6, 6.07) is 0. The van der Waals surface area contributed by atoms with Crippen LogP contribution in [-0.4, -0.2) is 31.7 Å². The van der Waals surface area contributed by atoms with Crippen LogP contribution in [0.25, 0.3) is 0 Å². The monoisotopic (exact) mass is 374 g/mol. The van der Waals surface area contributed by atoms with Gasteiger partial charge in [-0.1, -0.05) is 39.8 Å². The highest BCUT2D eigenvalue weighted by atomic mass is 16.6. The van der Waals surface area contributed by atoms with Crippen molar-refractivity contribution in [3.8, 4) is 0 Å². The van der Waals surface area contributed by atoms with Gasteiger partial charge in [-0.2, -0.15) is 0 Å². The molecule has 4 aliphatic rings. The fourth-order valence-corrected chi connectivity index (χ4v) is 7.31. The molecule has 1 N–H and O–H groups in total. The number of likely N-dealkylation sites (tertiary alicyclic amines) is 1. The molecule has 2 saturated heterocycles. The summed E-state index contributed by atoms with van der Waals surface area (Å²) >= 11 is 0. The van der Waals surface area contributed by atoms with E-state index >= 15 is 0 Å². The molecule has 7 atom stereocenters. The van der Waals surface area contributed by atoms with Crippen LogP contribution < -0.4 is 4.90 Å². The quantitative estimate of drug-likeness (QED) is 0.591. The van der Waals surface area contributed by atoms with Gasteiger partial charge in [0.05, 0.1) is 19.6 Å². The second-order valence-corrected chi connectivity index (χ2v) is 11.5. The van der Waals surface area contributed by atoms with E-state index in [4.69, 9.17) is 4.74 Å². The number of allylic oxidation sites excluding steroid dienone is 1. The lowest BCUT2D eigenvalue weighted by molar-refractivity contribution is -0.907. The smallest absolute Gasteiger partial charge is 0.315 e. The minimum Gasteiger partial charge on any atom is -0.462 e. The van der Waals surface area contributed by atoms with Crippen molar-refractivity contribution >= 4 is 5.97 Å². The Bertz CT molecular complexity index is 612. The summed E-state index contributed by atoms with van der Waals surface area (Å²) < 4.78 is 5.99. The predicted octanol–water partition coefficient (Wildman–Crippen LogP) is 3.64. The van der Waals surface area contributed by atoms with Gasteiger partial charge in [-0.25, -0.2) is 0 Å². The Labute approximate surface area is 165 Å². The second kappa shape index (κ2) is 6.90. The summed E-state index contributed by atoms with van der Waals surface area (Å²) in [6.07, 6.45) is 8.64. The number of hydrogen-bond donors (Lipinski definition) is 1. The molecule has 2 heterocycles. The van der Waals surface area contributed by atoms with Gasteiger partial charge in [0.2, 0.25) is 0 Å². The lowest BCUT2D eigenvalue weighted by atomic mass is 9.55. The number of esters is 1. The Balaban J connectivity index is 1.49. The average molecular weight is 375 g/mol. The van der Waals surface area contributed by atoms with Crippen LogP contribution in [0.3, 0.4) is 0 Å². The Morgan fingerprint density at radius 1 is 1.26 bits per heavy atom. The van der Waals surface area contributed by atoms with Crippen molar-refractivity contribution in [2.75, 3.05) is 19.6 Å². The third kappa shape index (κ3) is 3.73. The SMILES string of the molecule is C=C1CCC[C@]2(C)C[C@H]3OC(=O)[C@H](C[NH+]4CC[C@@H](C)CC(C)(C)C4)[C@H]3C[C@@H]12. The Morgan fingerprint density at radius 2 is 2.04 bits per heavy atom. The number of quaternary nitrogens is 1. The van der Waals surface area contributed by atoms with E-state index in [1.54, 1.807) is 4.90 Å². The predicted molar refractivity (Wildman–Crippen MR) is 108 cm³/mol. The third-order valence-electron chi connectivity index (χ3n) is 8.45. The average Bonchev–Trinajstić information content (AvgIpc) is 2.76. The largest absolute Gasteiger partial charge is 0.462 e. The zero-order valence-electron chi connectivity index (χ0n) is 18.0. The maximum atomic E-state index is 12.9. The fraction of sp³-hybridized carbons (Fsp3) is 0.875. The highest BCUT2D eigenvalue weighted by molar-refractivity contribution is 5.75. The molecule has 3 heteroatoms. The first-order valence-corrected chi connectivity index (χ1v) is 11.4. The standard InChI is InChI=1S/C24H39NO2/c1-16-8-10-25(15-23(3,4)12-16)14-19-18-11-20-17(2)7-6-9-24(20,5)13-21(18)27-22(19)26/h16,18-21H,2,6-15H2,1,3-5H3/p+1/t16-,18-,19-,20+,21-,24-/m1/s1. The molecule has 0 bridgehead atoms. The molecule has 152 valence electrons. The van der Waals surface area contributed by atoms with Crippen LogP contribution in [0.4, 0.5) is 0 Å². The van der Waals surface area contributed by atoms with E-state index in [1.165, 1.54) is 50.8 Å². The fourth-order valence-electron chi connectivity index (χ4n) is 7.31. The molecule has 1 unspecified atom stereocenters. The first-order valence-electron chi connectivity index (χ1n) is 11.4. The third-order valence-corrected chi connectivity index (χ3v) is 8.45. The number of carbonyl (C=O) groups is 1. The first kappa shape index (κ1) is 19.5. The molecule has 2 saturated carbocycles. The van der Waals surface area contributed by atoms with Gasteiger partial charge in [0.1, 0.15) is 12.0 Å². The van der Waals surface area contributed by atoms with Crippen LogP contribution in [0.15, 0.2) is 12.2 Å². The summed E-state index contributed by atoms with van der Waals surface area (Å²) in [4.78, 5) is 14.5. The molecule has 0 amide bonds. The molecule has 2 aliphatic carbocycles. The number of carbonyl (C=O) groups excluding carboxylic acids is 1. The van der Waals surface area contributed by atoms with Crippen molar-refractivity contribution in [2.24, 2.45) is 34.5 Å². The van der Waals surface area contributed by atoms with E-state index in [-0.39, 0.29) is 18.0 Å². The van der Waals surface area contributed by atoms with Crippen LogP contribution >= 0.6 is 0 Å². The van der Waals surface area contributed by atoms with Crippen LogP contribution in [0, 0.1) is 34.5 Å². The van der Waals surface area contributed by atoms with Crippen molar-refractivity contribution in [3.63, 3.8) is 0 Å².